The number of anilines is 1. The quantitative estimate of drug-likeness (QED) is 0.799. The highest BCUT2D eigenvalue weighted by molar-refractivity contribution is 7.99. The highest BCUT2D eigenvalue weighted by atomic mass is 35.5. The van der Waals surface area contributed by atoms with E-state index in [0.29, 0.717) is 16.5 Å². The number of carbonyl (C=O) groups excluding carboxylic acids is 2. The van der Waals surface area contributed by atoms with Gasteiger partial charge in [-0.25, -0.2) is 4.39 Å². The second-order valence-electron chi connectivity index (χ2n) is 6.62. The summed E-state index contributed by atoms with van der Waals surface area (Å²) in [5, 5.41) is 3.02. The van der Waals surface area contributed by atoms with Crippen molar-refractivity contribution in [2.75, 3.05) is 11.1 Å². The number of hydrogen-bond donors (Lipinski definition) is 1. The Bertz CT molecular complexity index is 844. The largest absolute Gasteiger partial charge is 0.324 e. The van der Waals surface area contributed by atoms with Crippen molar-refractivity contribution >= 4 is 40.9 Å². The molecule has 2 amide bonds. The monoisotopic (exact) mass is 406 g/mol. The smallest absolute Gasteiger partial charge is 0.248 e. The van der Waals surface area contributed by atoms with Crippen molar-refractivity contribution < 1.29 is 14.0 Å². The molecule has 1 fully saturated rings. The third-order valence-corrected chi connectivity index (χ3v) is 5.98. The van der Waals surface area contributed by atoms with Crippen molar-refractivity contribution in [3.63, 3.8) is 0 Å². The van der Waals surface area contributed by atoms with Crippen molar-refractivity contribution in [3.05, 3.63) is 64.9 Å². The van der Waals surface area contributed by atoms with Gasteiger partial charge in [0.25, 0.3) is 0 Å². The average molecular weight is 407 g/mol. The zero-order valence-electron chi connectivity index (χ0n) is 15.0. The summed E-state index contributed by atoms with van der Waals surface area (Å²) in [4.78, 5) is 27.4. The van der Waals surface area contributed by atoms with Crippen molar-refractivity contribution in [1.82, 2.24) is 4.90 Å². The van der Waals surface area contributed by atoms with E-state index in [1.807, 2.05) is 32.0 Å². The van der Waals surface area contributed by atoms with Gasteiger partial charge in [0.15, 0.2) is 0 Å². The van der Waals surface area contributed by atoms with Gasteiger partial charge in [-0.3, -0.25) is 9.59 Å². The normalized spacial score (nSPS) is 19.4. The number of halogens is 2. The highest BCUT2D eigenvalue weighted by Crippen LogP contribution is 2.44. The van der Waals surface area contributed by atoms with Gasteiger partial charge in [0.05, 0.1) is 0 Å². The molecule has 0 bridgehead atoms. The molecule has 3 rings (SSSR count). The fourth-order valence-electron chi connectivity index (χ4n) is 2.95. The minimum absolute atomic E-state index is 0.107. The lowest BCUT2D eigenvalue weighted by Crippen LogP contribution is -2.47. The summed E-state index contributed by atoms with van der Waals surface area (Å²) in [6.45, 7) is 3.62. The van der Waals surface area contributed by atoms with Crippen LogP contribution in [0.4, 0.5) is 10.1 Å². The standard InChI is InChI=1S/C20H20ClFN2O2S/c1-12(2)19(26)24-17(18(25)23-14-9-7-13(22)8-10-14)11-27-20(24)15-5-3-4-6-16(15)21/h3-10,12,17,20H,11H2,1-2H3,(H,23,25)/t17-,20-/m0/s1. The molecule has 1 heterocycles. The zero-order chi connectivity index (χ0) is 19.6. The number of benzene rings is 2. The number of carbonyl (C=O) groups is 2. The third kappa shape index (κ3) is 4.28. The van der Waals surface area contributed by atoms with Gasteiger partial charge in [-0.15, -0.1) is 11.8 Å². The van der Waals surface area contributed by atoms with Crippen molar-refractivity contribution in [2.24, 2.45) is 5.92 Å². The Hall–Kier alpha value is -2.05. The Kier molecular flexibility index (Phi) is 6.07. The first kappa shape index (κ1) is 19.7. The van der Waals surface area contributed by atoms with E-state index in [0.717, 1.165) is 5.56 Å². The maximum Gasteiger partial charge on any atom is 0.248 e. The fourth-order valence-corrected chi connectivity index (χ4v) is 4.73. The maximum atomic E-state index is 13.1. The molecule has 142 valence electrons. The van der Waals surface area contributed by atoms with E-state index in [9.17, 15) is 14.0 Å². The SMILES string of the molecule is CC(C)C(=O)N1[C@H](C(=O)Nc2ccc(F)cc2)CS[C@H]1c1ccccc1Cl. The average Bonchev–Trinajstić information content (AvgIpc) is 3.08. The Labute approximate surface area is 167 Å². The van der Waals surface area contributed by atoms with E-state index in [-0.39, 0.29) is 28.9 Å². The van der Waals surface area contributed by atoms with Crippen molar-refractivity contribution in [2.45, 2.75) is 25.3 Å². The summed E-state index contributed by atoms with van der Waals surface area (Å²) in [6.07, 6.45) is 0. The maximum absolute atomic E-state index is 13.1. The first-order valence-corrected chi connectivity index (χ1v) is 10.1. The van der Waals surface area contributed by atoms with Crippen LogP contribution >= 0.6 is 23.4 Å². The molecule has 1 aliphatic rings. The summed E-state index contributed by atoms with van der Waals surface area (Å²) in [7, 11) is 0. The van der Waals surface area contributed by atoms with Crippen LogP contribution in [0.2, 0.25) is 5.02 Å². The lowest BCUT2D eigenvalue weighted by atomic mass is 10.1. The van der Waals surface area contributed by atoms with Gasteiger partial charge in [0.1, 0.15) is 17.2 Å². The van der Waals surface area contributed by atoms with Crippen LogP contribution < -0.4 is 5.32 Å². The van der Waals surface area contributed by atoms with Gasteiger partial charge in [0, 0.05) is 27.9 Å². The predicted octanol–water partition coefficient (Wildman–Crippen LogP) is 4.72. The first-order chi connectivity index (χ1) is 12.9. The van der Waals surface area contributed by atoms with Crippen LogP contribution in [0.3, 0.4) is 0 Å². The van der Waals surface area contributed by atoms with E-state index < -0.39 is 6.04 Å². The number of rotatable bonds is 4. The Morgan fingerprint density at radius 2 is 1.85 bits per heavy atom. The molecule has 0 radical (unpaired) electrons. The van der Waals surface area contributed by atoms with Crippen LogP contribution in [0.15, 0.2) is 48.5 Å². The van der Waals surface area contributed by atoms with Crippen LogP contribution in [0.25, 0.3) is 0 Å². The molecule has 0 saturated carbocycles. The van der Waals surface area contributed by atoms with E-state index in [1.165, 1.54) is 36.0 Å². The van der Waals surface area contributed by atoms with Gasteiger partial charge in [0.2, 0.25) is 11.8 Å². The third-order valence-electron chi connectivity index (χ3n) is 4.33. The van der Waals surface area contributed by atoms with Crippen molar-refractivity contribution in [1.29, 1.82) is 0 Å². The molecule has 27 heavy (non-hydrogen) atoms. The van der Waals surface area contributed by atoms with E-state index >= 15 is 0 Å². The number of hydrogen-bond acceptors (Lipinski definition) is 3. The number of thioether (sulfide) groups is 1. The van der Waals surface area contributed by atoms with Crippen LogP contribution in [-0.4, -0.2) is 28.5 Å². The number of nitrogens with zero attached hydrogens (tertiary/aromatic N) is 1. The Morgan fingerprint density at radius 1 is 1.19 bits per heavy atom. The molecule has 0 spiro atoms. The van der Waals surface area contributed by atoms with Crippen LogP contribution in [0.5, 0.6) is 0 Å². The summed E-state index contributed by atoms with van der Waals surface area (Å²) in [5.74, 6) is -0.571. The summed E-state index contributed by atoms with van der Waals surface area (Å²) in [6, 6.07) is 12.3. The van der Waals surface area contributed by atoms with Crippen LogP contribution in [0, 0.1) is 11.7 Å². The minimum Gasteiger partial charge on any atom is -0.324 e. The van der Waals surface area contributed by atoms with Gasteiger partial charge in [-0.05, 0) is 30.3 Å². The highest BCUT2D eigenvalue weighted by Gasteiger charge is 2.43. The molecule has 1 N–H and O–H groups in total. The summed E-state index contributed by atoms with van der Waals surface area (Å²) in [5.41, 5.74) is 1.31. The number of nitrogens with one attached hydrogen (secondary N) is 1. The molecule has 0 unspecified atom stereocenters. The Balaban J connectivity index is 1.87. The van der Waals surface area contributed by atoms with Gasteiger partial charge >= 0.3 is 0 Å². The van der Waals surface area contributed by atoms with E-state index in [1.54, 1.807) is 11.0 Å². The number of amides is 2. The Morgan fingerprint density at radius 3 is 2.48 bits per heavy atom. The molecule has 0 aliphatic carbocycles. The van der Waals surface area contributed by atoms with Gasteiger partial charge < -0.3 is 10.2 Å². The molecule has 7 heteroatoms. The molecule has 4 nitrogen and oxygen atoms in total. The zero-order valence-corrected chi connectivity index (χ0v) is 16.6. The summed E-state index contributed by atoms with van der Waals surface area (Å²) < 4.78 is 13.1. The lowest BCUT2D eigenvalue weighted by Gasteiger charge is -2.31. The second kappa shape index (κ2) is 8.31. The molecule has 2 aromatic rings. The van der Waals surface area contributed by atoms with Gasteiger partial charge in [-0.1, -0.05) is 43.6 Å². The topological polar surface area (TPSA) is 49.4 Å². The van der Waals surface area contributed by atoms with Crippen molar-refractivity contribution in [3.8, 4) is 0 Å². The molecule has 0 aromatic heterocycles. The molecule has 1 saturated heterocycles. The molecule has 2 atom stereocenters. The van der Waals surface area contributed by atoms with Crippen LogP contribution in [0.1, 0.15) is 24.8 Å². The minimum atomic E-state index is -0.628. The van der Waals surface area contributed by atoms with E-state index in [2.05, 4.69) is 5.32 Å². The molecular formula is C20H20ClFN2O2S. The molecule has 1 aliphatic heterocycles. The first-order valence-electron chi connectivity index (χ1n) is 8.63. The van der Waals surface area contributed by atoms with Crippen LogP contribution in [-0.2, 0) is 9.59 Å². The molecular weight excluding hydrogens is 387 g/mol. The summed E-state index contributed by atoms with van der Waals surface area (Å²) >= 11 is 7.85. The molecule has 2 aromatic carbocycles. The van der Waals surface area contributed by atoms with E-state index in [4.69, 9.17) is 11.6 Å². The predicted molar refractivity (Wildman–Crippen MR) is 107 cm³/mol. The fraction of sp³-hybridized carbons (Fsp3) is 0.300. The second-order valence-corrected chi connectivity index (χ2v) is 8.14. The lowest BCUT2D eigenvalue weighted by molar-refractivity contribution is -0.140. The van der Waals surface area contributed by atoms with Gasteiger partial charge in [-0.2, -0.15) is 0 Å².